The van der Waals surface area contributed by atoms with E-state index in [1.165, 1.54) is 7.05 Å². The number of benzene rings is 1. The smallest absolute Gasteiger partial charge is 0.261 e. The summed E-state index contributed by atoms with van der Waals surface area (Å²) in [5, 5.41) is 0. The highest BCUT2D eigenvalue weighted by Crippen LogP contribution is 2.13. The van der Waals surface area contributed by atoms with Gasteiger partial charge in [-0.05, 0) is 12.0 Å². The Balaban J connectivity index is 1.83. The molecule has 0 N–H and O–H groups in total. The second-order valence-electron chi connectivity index (χ2n) is 5.35. The van der Waals surface area contributed by atoms with Gasteiger partial charge in [-0.1, -0.05) is 30.3 Å². The molecule has 1 aliphatic heterocycles. The van der Waals surface area contributed by atoms with Crippen molar-refractivity contribution in [3.63, 3.8) is 0 Å². The van der Waals surface area contributed by atoms with Crippen LogP contribution >= 0.6 is 0 Å². The molecule has 1 saturated heterocycles. The molecule has 0 aromatic heterocycles. The minimum absolute atomic E-state index is 0.202. The Kier molecular flexibility index (Phi) is 5.93. The molecule has 0 bridgehead atoms. The van der Waals surface area contributed by atoms with Crippen LogP contribution < -0.4 is 0 Å². The van der Waals surface area contributed by atoms with E-state index in [1.54, 1.807) is 24.3 Å². The normalized spacial score (nSPS) is 18.3. The number of carbonyl (C=O) groups excluding carboxylic acids is 1. The van der Waals surface area contributed by atoms with Gasteiger partial charge in [-0.15, -0.1) is 0 Å². The summed E-state index contributed by atoms with van der Waals surface area (Å²) < 4.78 is 35.7. The monoisotopic (exact) mass is 327 g/mol. The Morgan fingerprint density at radius 2 is 2.09 bits per heavy atom. The molecule has 0 radical (unpaired) electrons. The molecule has 122 valence electrons. The van der Waals surface area contributed by atoms with Crippen molar-refractivity contribution in [2.45, 2.75) is 12.2 Å². The molecule has 1 atom stereocenters. The molecule has 22 heavy (non-hydrogen) atoms. The summed E-state index contributed by atoms with van der Waals surface area (Å²) in [5.41, 5.74) is 0.645. The van der Waals surface area contributed by atoms with Gasteiger partial charge in [-0.3, -0.25) is 4.79 Å². The number of amides is 1. The highest BCUT2D eigenvalue weighted by Gasteiger charge is 2.24. The molecule has 7 heteroatoms. The van der Waals surface area contributed by atoms with E-state index < -0.39 is 15.9 Å². The van der Waals surface area contributed by atoms with Crippen molar-refractivity contribution < 1.29 is 22.7 Å². The van der Waals surface area contributed by atoms with Crippen LogP contribution in [0.1, 0.15) is 12.0 Å². The summed E-state index contributed by atoms with van der Waals surface area (Å²) in [6.45, 7) is 1.53. The maximum Gasteiger partial charge on any atom is 0.261 e. The third kappa shape index (κ3) is 4.79. The Morgan fingerprint density at radius 1 is 1.36 bits per heavy atom. The van der Waals surface area contributed by atoms with E-state index in [9.17, 15) is 13.2 Å². The van der Waals surface area contributed by atoms with Crippen molar-refractivity contribution in [2.24, 2.45) is 5.92 Å². The number of sulfonamides is 1. The van der Waals surface area contributed by atoms with Gasteiger partial charge in [0.2, 0.25) is 10.0 Å². The zero-order valence-corrected chi connectivity index (χ0v) is 13.4. The third-order valence-electron chi connectivity index (χ3n) is 3.56. The number of nitrogens with zero attached hydrogens (tertiary/aromatic N) is 1. The molecular weight excluding hydrogens is 306 g/mol. The molecule has 1 fully saturated rings. The summed E-state index contributed by atoms with van der Waals surface area (Å²) in [6.07, 6.45) is 0.913. The van der Waals surface area contributed by atoms with Gasteiger partial charge < -0.3 is 9.47 Å². The predicted molar refractivity (Wildman–Crippen MR) is 81.6 cm³/mol. The fraction of sp³-hybridized carbons (Fsp3) is 0.533. The summed E-state index contributed by atoms with van der Waals surface area (Å²) in [4.78, 5) is 11.9. The Hall–Kier alpha value is -1.44. The Morgan fingerprint density at radius 3 is 2.73 bits per heavy atom. The van der Waals surface area contributed by atoms with Gasteiger partial charge >= 0.3 is 0 Å². The largest absolute Gasteiger partial charge is 0.381 e. The second kappa shape index (κ2) is 7.71. The highest BCUT2D eigenvalue weighted by atomic mass is 32.2. The average molecular weight is 327 g/mol. The molecule has 1 aromatic rings. The van der Waals surface area contributed by atoms with E-state index in [4.69, 9.17) is 9.47 Å². The van der Waals surface area contributed by atoms with Gasteiger partial charge in [-0.2, -0.15) is 0 Å². The number of ether oxygens (including phenoxy) is 2. The van der Waals surface area contributed by atoms with Crippen LogP contribution in [0.5, 0.6) is 0 Å². The zero-order chi connectivity index (χ0) is 16.0. The third-order valence-corrected chi connectivity index (χ3v) is 5.30. The molecule has 6 nitrogen and oxygen atoms in total. The van der Waals surface area contributed by atoms with Gasteiger partial charge in [0.05, 0.1) is 19.0 Å². The fourth-order valence-electron chi connectivity index (χ4n) is 2.16. The fourth-order valence-corrected chi connectivity index (χ4v) is 3.33. The lowest BCUT2D eigenvalue weighted by molar-refractivity contribution is -0.130. The Bertz CT molecular complexity index is 581. The van der Waals surface area contributed by atoms with E-state index in [-0.39, 0.29) is 12.4 Å². The van der Waals surface area contributed by atoms with Crippen LogP contribution in [0.2, 0.25) is 0 Å². The topological polar surface area (TPSA) is 72.9 Å². The zero-order valence-electron chi connectivity index (χ0n) is 12.6. The molecule has 1 aromatic carbocycles. The lowest BCUT2D eigenvalue weighted by atomic mass is 10.1. The van der Waals surface area contributed by atoms with Crippen molar-refractivity contribution in [1.82, 2.24) is 4.31 Å². The van der Waals surface area contributed by atoms with Gasteiger partial charge in [0.1, 0.15) is 6.61 Å². The number of hydrogen-bond donors (Lipinski definition) is 0. The maximum absolute atomic E-state index is 12.2. The summed E-state index contributed by atoms with van der Waals surface area (Å²) in [5.74, 6) is -0.471. The van der Waals surface area contributed by atoms with Crippen LogP contribution in [-0.4, -0.2) is 52.1 Å². The number of rotatable bonds is 7. The first-order valence-corrected chi connectivity index (χ1v) is 8.79. The lowest BCUT2D eigenvalue weighted by Crippen LogP contribution is -2.37. The van der Waals surface area contributed by atoms with Gasteiger partial charge in [0, 0.05) is 19.6 Å². The van der Waals surface area contributed by atoms with Gasteiger partial charge in [0.15, 0.2) is 0 Å². The van der Waals surface area contributed by atoms with Crippen LogP contribution in [0.4, 0.5) is 0 Å². The van der Waals surface area contributed by atoms with Crippen molar-refractivity contribution in [3.05, 3.63) is 35.9 Å². The van der Waals surface area contributed by atoms with Crippen molar-refractivity contribution in [1.29, 1.82) is 0 Å². The van der Waals surface area contributed by atoms with Gasteiger partial charge in [0.25, 0.3) is 5.91 Å². The standard InChI is InChI=1S/C15H21NO5S/c1-16(15(17)11-21-10-14-7-8-20-9-14)22(18,19)12-13-5-3-2-4-6-13/h2-6,14H,7-12H2,1H3. The number of likely N-dealkylation sites (N-methyl/N-ethyl adjacent to an activating group) is 1. The first-order chi connectivity index (χ1) is 10.5. The summed E-state index contributed by atoms with van der Waals surface area (Å²) in [7, 11) is -2.42. The number of hydrogen-bond acceptors (Lipinski definition) is 5. The van der Waals surface area contributed by atoms with E-state index in [1.807, 2.05) is 6.07 Å². The molecule has 1 amide bonds. The highest BCUT2D eigenvalue weighted by molar-refractivity contribution is 7.88. The first-order valence-electron chi connectivity index (χ1n) is 7.18. The van der Waals surface area contributed by atoms with Crippen LogP contribution in [0.3, 0.4) is 0 Å². The van der Waals surface area contributed by atoms with Crippen molar-refractivity contribution >= 4 is 15.9 Å². The molecule has 0 saturated carbocycles. The van der Waals surface area contributed by atoms with E-state index >= 15 is 0 Å². The molecule has 0 aliphatic carbocycles. The molecule has 0 spiro atoms. The van der Waals surface area contributed by atoms with E-state index in [0.29, 0.717) is 31.3 Å². The van der Waals surface area contributed by atoms with Crippen molar-refractivity contribution in [3.8, 4) is 0 Å². The van der Waals surface area contributed by atoms with E-state index in [0.717, 1.165) is 10.7 Å². The van der Waals surface area contributed by atoms with Crippen LogP contribution in [0.25, 0.3) is 0 Å². The van der Waals surface area contributed by atoms with Crippen LogP contribution in [-0.2, 0) is 30.0 Å². The minimum atomic E-state index is -3.68. The summed E-state index contributed by atoms with van der Waals surface area (Å²) >= 11 is 0. The molecule has 1 aliphatic rings. The van der Waals surface area contributed by atoms with Crippen LogP contribution in [0, 0.1) is 5.92 Å². The summed E-state index contributed by atoms with van der Waals surface area (Å²) in [6, 6.07) is 8.77. The number of carbonyl (C=O) groups is 1. The lowest BCUT2D eigenvalue weighted by Gasteiger charge is -2.18. The van der Waals surface area contributed by atoms with Crippen molar-refractivity contribution in [2.75, 3.05) is 33.5 Å². The van der Waals surface area contributed by atoms with Gasteiger partial charge in [-0.25, -0.2) is 12.7 Å². The molecule has 2 rings (SSSR count). The maximum atomic E-state index is 12.2. The molecule has 1 heterocycles. The SMILES string of the molecule is CN(C(=O)COCC1CCOC1)S(=O)(=O)Cc1ccccc1. The van der Waals surface area contributed by atoms with Crippen LogP contribution in [0.15, 0.2) is 30.3 Å². The quantitative estimate of drug-likeness (QED) is 0.748. The second-order valence-corrected chi connectivity index (χ2v) is 7.35. The predicted octanol–water partition coefficient (Wildman–Crippen LogP) is 1.03. The van der Waals surface area contributed by atoms with E-state index in [2.05, 4.69) is 0 Å². The molecule has 1 unspecified atom stereocenters. The average Bonchev–Trinajstić information content (AvgIpc) is 3.00. The minimum Gasteiger partial charge on any atom is -0.381 e. The Labute approximate surface area is 131 Å². The molecular formula is C15H21NO5S. The first kappa shape index (κ1) is 16.9.